The fraction of sp³-hybridized carbons (Fsp3) is 0.111. The van der Waals surface area contributed by atoms with Crippen LogP contribution >= 0.6 is 27.3 Å². The van der Waals surface area contributed by atoms with E-state index in [9.17, 15) is 0 Å². The van der Waals surface area contributed by atoms with Crippen LogP contribution in [0.4, 0.5) is 0 Å². The molecule has 14 heavy (non-hydrogen) atoms. The minimum Gasteiger partial charge on any atom is -0.325 e. The molecule has 5 heteroatoms. The minimum absolute atomic E-state index is 0.446. The number of thiophene rings is 1. The predicted octanol–water partition coefficient (Wildman–Crippen LogP) is 2.43. The second kappa shape index (κ2) is 4.16. The molecule has 3 nitrogen and oxygen atoms in total. The first-order chi connectivity index (χ1) is 6.79. The maximum Gasteiger partial charge on any atom is 0.116 e. The molecule has 0 spiro atoms. The smallest absolute Gasteiger partial charge is 0.116 e. The van der Waals surface area contributed by atoms with Crippen molar-refractivity contribution >= 4 is 27.3 Å². The monoisotopic (exact) mass is 269 g/mol. The van der Waals surface area contributed by atoms with Gasteiger partial charge in [0.05, 0.1) is 20.1 Å². The lowest BCUT2D eigenvalue weighted by atomic mass is 10.3. The second-order valence-electron chi connectivity index (χ2n) is 2.70. The first kappa shape index (κ1) is 9.76. The van der Waals surface area contributed by atoms with E-state index >= 15 is 0 Å². The SMILES string of the molecule is NCc1cc(-c2ccc(Br)s2)ncn1. The Bertz CT molecular complexity index is 441. The van der Waals surface area contributed by atoms with E-state index in [1.165, 1.54) is 0 Å². The molecule has 0 saturated carbocycles. The van der Waals surface area contributed by atoms with E-state index in [0.717, 1.165) is 20.1 Å². The van der Waals surface area contributed by atoms with Gasteiger partial charge >= 0.3 is 0 Å². The lowest BCUT2D eigenvalue weighted by molar-refractivity contribution is 0.967. The van der Waals surface area contributed by atoms with Gasteiger partial charge in [-0.25, -0.2) is 9.97 Å². The average molecular weight is 270 g/mol. The molecule has 72 valence electrons. The van der Waals surface area contributed by atoms with Gasteiger partial charge in [0.2, 0.25) is 0 Å². The molecule has 0 amide bonds. The van der Waals surface area contributed by atoms with Crippen LogP contribution in [0.3, 0.4) is 0 Å². The van der Waals surface area contributed by atoms with Crippen LogP contribution in [-0.2, 0) is 6.54 Å². The number of aromatic nitrogens is 2. The minimum atomic E-state index is 0.446. The highest BCUT2D eigenvalue weighted by Gasteiger charge is 2.03. The molecular formula is C9H8BrN3S. The molecule has 0 saturated heterocycles. The van der Waals surface area contributed by atoms with E-state index in [-0.39, 0.29) is 0 Å². The molecule has 2 aromatic heterocycles. The summed E-state index contributed by atoms with van der Waals surface area (Å²) in [6.07, 6.45) is 1.55. The van der Waals surface area contributed by atoms with Gasteiger partial charge in [0, 0.05) is 6.54 Å². The molecule has 2 N–H and O–H groups in total. The third kappa shape index (κ3) is 2.00. The van der Waals surface area contributed by atoms with Crippen LogP contribution in [0, 0.1) is 0 Å². The largest absolute Gasteiger partial charge is 0.325 e. The lowest BCUT2D eigenvalue weighted by Gasteiger charge is -1.98. The standard InChI is InChI=1S/C9H8BrN3S/c10-9-2-1-8(14-9)7-3-6(4-11)12-5-13-7/h1-3,5H,4,11H2. The molecule has 0 fully saturated rings. The van der Waals surface area contributed by atoms with E-state index in [1.54, 1.807) is 17.7 Å². The average Bonchev–Trinajstić information content (AvgIpc) is 2.65. The van der Waals surface area contributed by atoms with Gasteiger partial charge in [-0.2, -0.15) is 0 Å². The number of nitrogens with zero attached hydrogens (tertiary/aromatic N) is 2. The van der Waals surface area contributed by atoms with Crippen molar-refractivity contribution in [1.82, 2.24) is 9.97 Å². The summed E-state index contributed by atoms with van der Waals surface area (Å²) in [4.78, 5) is 9.36. The van der Waals surface area contributed by atoms with Crippen molar-refractivity contribution in [2.75, 3.05) is 0 Å². The molecule has 0 aliphatic rings. The Kier molecular flexibility index (Phi) is 2.90. The summed E-state index contributed by atoms with van der Waals surface area (Å²) >= 11 is 5.06. The van der Waals surface area contributed by atoms with Crippen LogP contribution in [0.5, 0.6) is 0 Å². The molecule has 0 unspecified atom stereocenters. The zero-order valence-corrected chi connectivity index (χ0v) is 9.68. The number of nitrogens with two attached hydrogens (primary N) is 1. The Morgan fingerprint density at radius 2 is 2.21 bits per heavy atom. The fourth-order valence-corrected chi connectivity index (χ4v) is 2.45. The van der Waals surface area contributed by atoms with Crippen LogP contribution in [0.1, 0.15) is 5.69 Å². The Balaban J connectivity index is 2.41. The van der Waals surface area contributed by atoms with Gasteiger partial charge in [-0.15, -0.1) is 11.3 Å². The quantitative estimate of drug-likeness (QED) is 0.911. The summed E-state index contributed by atoms with van der Waals surface area (Å²) in [6.45, 7) is 0.446. The highest BCUT2D eigenvalue weighted by molar-refractivity contribution is 9.11. The van der Waals surface area contributed by atoms with E-state index in [0.29, 0.717) is 6.54 Å². The van der Waals surface area contributed by atoms with Crippen LogP contribution in [-0.4, -0.2) is 9.97 Å². The summed E-state index contributed by atoms with van der Waals surface area (Å²) in [6, 6.07) is 5.94. The number of hydrogen-bond acceptors (Lipinski definition) is 4. The normalized spacial score (nSPS) is 10.4. The topological polar surface area (TPSA) is 51.8 Å². The van der Waals surface area contributed by atoms with Gasteiger partial charge in [0.15, 0.2) is 0 Å². The number of hydrogen-bond donors (Lipinski definition) is 1. The van der Waals surface area contributed by atoms with Crippen LogP contribution in [0.15, 0.2) is 28.3 Å². The van der Waals surface area contributed by atoms with Crippen molar-refractivity contribution in [2.45, 2.75) is 6.54 Å². The maximum atomic E-state index is 5.51. The van der Waals surface area contributed by atoms with Crippen LogP contribution in [0.25, 0.3) is 10.6 Å². The molecule has 2 aromatic rings. The van der Waals surface area contributed by atoms with Crippen molar-refractivity contribution in [3.63, 3.8) is 0 Å². The molecule has 0 radical (unpaired) electrons. The van der Waals surface area contributed by atoms with E-state index in [2.05, 4.69) is 25.9 Å². The third-order valence-corrected chi connectivity index (χ3v) is 3.40. The van der Waals surface area contributed by atoms with Crippen molar-refractivity contribution < 1.29 is 0 Å². The first-order valence-electron chi connectivity index (χ1n) is 4.06. The summed E-state index contributed by atoms with van der Waals surface area (Å²) < 4.78 is 1.10. The summed E-state index contributed by atoms with van der Waals surface area (Å²) in [5, 5.41) is 0. The van der Waals surface area contributed by atoms with Gasteiger partial charge in [0.25, 0.3) is 0 Å². The zero-order valence-electron chi connectivity index (χ0n) is 7.27. The predicted molar refractivity (Wildman–Crippen MR) is 60.9 cm³/mol. The molecule has 0 bridgehead atoms. The molecule has 0 atom stereocenters. The Labute approximate surface area is 94.1 Å². The van der Waals surface area contributed by atoms with E-state index in [4.69, 9.17) is 5.73 Å². The van der Waals surface area contributed by atoms with Gasteiger partial charge in [-0.3, -0.25) is 0 Å². The second-order valence-corrected chi connectivity index (χ2v) is 5.17. The van der Waals surface area contributed by atoms with E-state index in [1.807, 2.05) is 18.2 Å². The van der Waals surface area contributed by atoms with Crippen LogP contribution in [0.2, 0.25) is 0 Å². The third-order valence-electron chi connectivity index (χ3n) is 1.76. The summed E-state index contributed by atoms with van der Waals surface area (Å²) in [5.41, 5.74) is 7.29. The van der Waals surface area contributed by atoms with Crippen molar-refractivity contribution in [1.29, 1.82) is 0 Å². The summed E-state index contributed by atoms with van der Waals surface area (Å²) in [7, 11) is 0. The number of rotatable bonds is 2. The van der Waals surface area contributed by atoms with Gasteiger partial charge in [-0.05, 0) is 34.1 Å². The first-order valence-corrected chi connectivity index (χ1v) is 5.67. The molecule has 0 aliphatic heterocycles. The molecule has 0 aliphatic carbocycles. The highest BCUT2D eigenvalue weighted by atomic mass is 79.9. The van der Waals surface area contributed by atoms with Crippen molar-refractivity contribution in [3.05, 3.63) is 34.0 Å². The van der Waals surface area contributed by atoms with Crippen molar-refractivity contribution in [3.8, 4) is 10.6 Å². The maximum absolute atomic E-state index is 5.51. The lowest BCUT2D eigenvalue weighted by Crippen LogP contribution is -1.99. The molecule has 0 aromatic carbocycles. The zero-order chi connectivity index (χ0) is 9.97. The van der Waals surface area contributed by atoms with E-state index < -0.39 is 0 Å². The molecular weight excluding hydrogens is 262 g/mol. The van der Waals surface area contributed by atoms with Crippen molar-refractivity contribution in [2.24, 2.45) is 5.73 Å². The fourth-order valence-electron chi connectivity index (χ4n) is 1.10. The Morgan fingerprint density at radius 1 is 1.36 bits per heavy atom. The van der Waals surface area contributed by atoms with Gasteiger partial charge in [0.1, 0.15) is 6.33 Å². The Morgan fingerprint density at radius 3 is 2.86 bits per heavy atom. The summed E-state index contributed by atoms with van der Waals surface area (Å²) in [5.74, 6) is 0. The van der Waals surface area contributed by atoms with Crippen LogP contribution < -0.4 is 5.73 Å². The molecule has 2 rings (SSSR count). The highest BCUT2D eigenvalue weighted by Crippen LogP contribution is 2.29. The van der Waals surface area contributed by atoms with Gasteiger partial charge < -0.3 is 5.73 Å². The molecule has 2 heterocycles. The Hall–Kier alpha value is -0.780. The number of halogens is 1. The van der Waals surface area contributed by atoms with Gasteiger partial charge in [-0.1, -0.05) is 0 Å².